The molecule has 5 rings (SSSR count). The highest BCUT2D eigenvalue weighted by molar-refractivity contribution is 9.10. The van der Waals surface area contributed by atoms with Crippen LogP contribution in [-0.2, 0) is 0 Å². The van der Waals surface area contributed by atoms with Crippen LogP contribution in [0.4, 0.5) is 4.39 Å². The van der Waals surface area contributed by atoms with Gasteiger partial charge in [0.15, 0.2) is 0 Å². The molecule has 27 heavy (non-hydrogen) atoms. The van der Waals surface area contributed by atoms with Crippen LogP contribution in [0.15, 0.2) is 76.6 Å². The molecule has 2 aliphatic heterocycles. The molecular weight excluding hydrogens is 409 g/mol. The van der Waals surface area contributed by atoms with Crippen LogP contribution in [0.3, 0.4) is 0 Å². The maximum Gasteiger partial charge on any atom is 0.213 e. The van der Waals surface area contributed by atoms with Gasteiger partial charge in [0.1, 0.15) is 11.6 Å². The highest BCUT2D eigenvalue weighted by atomic mass is 79.9. The standard InChI is InChI=1S/C21H15BrFN3O/c22-15-3-6-20-17(11-15)19-12-18(13-1-4-16(23)5-2-13)25-26(19)21(27-20)14-7-9-24-10-8-14/h1-11,19,21H,12H2. The molecule has 0 N–H and O–H groups in total. The molecule has 3 aromatic rings. The Morgan fingerprint density at radius 3 is 2.59 bits per heavy atom. The predicted octanol–water partition coefficient (Wildman–Crippen LogP) is 5.23. The molecule has 0 amide bonds. The van der Waals surface area contributed by atoms with Gasteiger partial charge < -0.3 is 4.74 Å². The lowest BCUT2D eigenvalue weighted by Gasteiger charge is -2.38. The van der Waals surface area contributed by atoms with E-state index in [1.165, 1.54) is 12.1 Å². The summed E-state index contributed by atoms with van der Waals surface area (Å²) in [5, 5.41) is 6.87. The van der Waals surface area contributed by atoms with E-state index in [9.17, 15) is 4.39 Å². The Hall–Kier alpha value is -2.73. The minimum Gasteiger partial charge on any atom is -0.464 e. The van der Waals surface area contributed by atoms with Gasteiger partial charge in [0.05, 0.1) is 11.8 Å². The quantitative estimate of drug-likeness (QED) is 0.566. The molecule has 0 spiro atoms. The van der Waals surface area contributed by atoms with Gasteiger partial charge in [-0.05, 0) is 48.0 Å². The number of hydrazone groups is 1. The van der Waals surface area contributed by atoms with Crippen LogP contribution < -0.4 is 4.74 Å². The lowest BCUT2D eigenvalue weighted by Crippen LogP contribution is -2.33. The van der Waals surface area contributed by atoms with Crippen LogP contribution in [0.1, 0.15) is 35.4 Å². The van der Waals surface area contributed by atoms with E-state index in [4.69, 9.17) is 9.84 Å². The second kappa shape index (κ2) is 6.46. The van der Waals surface area contributed by atoms with E-state index >= 15 is 0 Å². The van der Waals surface area contributed by atoms with Crippen LogP contribution >= 0.6 is 15.9 Å². The normalized spacial score (nSPS) is 20.5. The zero-order valence-electron chi connectivity index (χ0n) is 14.2. The number of hydrogen-bond donors (Lipinski definition) is 0. The zero-order chi connectivity index (χ0) is 18.4. The molecule has 134 valence electrons. The Morgan fingerprint density at radius 1 is 1.04 bits per heavy atom. The first-order valence-corrected chi connectivity index (χ1v) is 9.46. The highest BCUT2D eigenvalue weighted by Gasteiger charge is 2.41. The minimum atomic E-state index is -0.329. The molecule has 0 saturated heterocycles. The summed E-state index contributed by atoms with van der Waals surface area (Å²) in [6.07, 6.45) is 3.92. The summed E-state index contributed by atoms with van der Waals surface area (Å²) in [6.45, 7) is 0. The topological polar surface area (TPSA) is 37.7 Å². The highest BCUT2D eigenvalue weighted by Crippen LogP contribution is 2.48. The van der Waals surface area contributed by atoms with Gasteiger partial charge in [-0.3, -0.25) is 4.98 Å². The number of ether oxygens (including phenoxy) is 1. The van der Waals surface area contributed by atoms with Crippen molar-refractivity contribution in [1.29, 1.82) is 0 Å². The number of hydrogen-bond acceptors (Lipinski definition) is 4. The van der Waals surface area contributed by atoms with Gasteiger partial charge >= 0.3 is 0 Å². The van der Waals surface area contributed by atoms with Gasteiger partial charge in [0.25, 0.3) is 0 Å². The molecular formula is C21H15BrFN3O. The fourth-order valence-electron chi connectivity index (χ4n) is 3.62. The fraction of sp³-hybridized carbons (Fsp3) is 0.143. The van der Waals surface area contributed by atoms with E-state index in [1.807, 2.05) is 29.3 Å². The van der Waals surface area contributed by atoms with E-state index < -0.39 is 0 Å². The Bertz CT molecular complexity index is 1020. The van der Waals surface area contributed by atoms with Crippen LogP contribution in [0.25, 0.3) is 0 Å². The molecule has 2 aromatic carbocycles. The van der Waals surface area contributed by atoms with E-state index in [0.29, 0.717) is 0 Å². The molecule has 6 heteroatoms. The lowest BCUT2D eigenvalue weighted by atomic mass is 9.96. The molecule has 0 radical (unpaired) electrons. The maximum absolute atomic E-state index is 13.3. The number of rotatable bonds is 2. The van der Waals surface area contributed by atoms with Crippen molar-refractivity contribution in [2.24, 2.45) is 5.10 Å². The number of nitrogens with zero attached hydrogens (tertiary/aromatic N) is 3. The number of pyridine rings is 1. The van der Waals surface area contributed by atoms with E-state index in [-0.39, 0.29) is 18.1 Å². The predicted molar refractivity (Wildman–Crippen MR) is 104 cm³/mol. The van der Waals surface area contributed by atoms with E-state index in [1.54, 1.807) is 24.5 Å². The van der Waals surface area contributed by atoms with Gasteiger partial charge in [-0.1, -0.05) is 28.1 Å². The smallest absolute Gasteiger partial charge is 0.213 e. The van der Waals surface area contributed by atoms with Crippen molar-refractivity contribution in [1.82, 2.24) is 9.99 Å². The largest absolute Gasteiger partial charge is 0.464 e. The first-order valence-electron chi connectivity index (χ1n) is 8.67. The summed E-state index contributed by atoms with van der Waals surface area (Å²) in [7, 11) is 0. The van der Waals surface area contributed by atoms with Gasteiger partial charge in [-0.15, -0.1) is 0 Å². The van der Waals surface area contributed by atoms with Crippen LogP contribution in [0.5, 0.6) is 5.75 Å². The number of aromatic nitrogens is 1. The minimum absolute atomic E-state index is 0.0597. The first-order chi connectivity index (χ1) is 13.2. The molecule has 1 aromatic heterocycles. The van der Waals surface area contributed by atoms with Crippen molar-refractivity contribution in [3.05, 3.63) is 94.0 Å². The number of halogens is 2. The molecule has 0 bridgehead atoms. The molecule has 0 aliphatic carbocycles. The molecule has 3 heterocycles. The van der Waals surface area contributed by atoms with Gasteiger partial charge in [0, 0.05) is 34.4 Å². The maximum atomic E-state index is 13.3. The Labute approximate surface area is 164 Å². The molecule has 2 atom stereocenters. The third kappa shape index (κ3) is 2.90. The van der Waals surface area contributed by atoms with Crippen molar-refractivity contribution in [3.63, 3.8) is 0 Å². The Balaban J connectivity index is 1.60. The lowest BCUT2D eigenvalue weighted by molar-refractivity contribution is -0.0191. The number of benzene rings is 2. The third-order valence-electron chi connectivity index (χ3n) is 4.92. The van der Waals surface area contributed by atoms with Crippen LogP contribution in [0, 0.1) is 5.82 Å². The van der Waals surface area contributed by atoms with Crippen molar-refractivity contribution in [3.8, 4) is 5.75 Å². The summed E-state index contributed by atoms with van der Waals surface area (Å²) in [4.78, 5) is 4.10. The number of fused-ring (bicyclic) bond motifs is 3. The van der Waals surface area contributed by atoms with Crippen molar-refractivity contribution < 1.29 is 9.13 Å². The van der Waals surface area contributed by atoms with Gasteiger partial charge in [-0.25, -0.2) is 9.40 Å². The van der Waals surface area contributed by atoms with Crippen molar-refractivity contribution >= 4 is 21.6 Å². The Morgan fingerprint density at radius 2 is 1.81 bits per heavy atom. The van der Waals surface area contributed by atoms with Crippen LogP contribution in [-0.4, -0.2) is 15.7 Å². The van der Waals surface area contributed by atoms with E-state index in [0.717, 1.165) is 39.0 Å². The summed E-state index contributed by atoms with van der Waals surface area (Å²) < 4.78 is 20.6. The Kier molecular flexibility index (Phi) is 3.93. The fourth-order valence-corrected chi connectivity index (χ4v) is 4.00. The zero-order valence-corrected chi connectivity index (χ0v) is 15.8. The summed E-state index contributed by atoms with van der Waals surface area (Å²) in [5.74, 6) is 0.610. The monoisotopic (exact) mass is 423 g/mol. The molecule has 2 aliphatic rings. The second-order valence-corrected chi connectivity index (χ2v) is 7.50. The van der Waals surface area contributed by atoms with Crippen LogP contribution in [0.2, 0.25) is 0 Å². The SMILES string of the molecule is Fc1ccc(C2=NN3C(C2)c2cc(Br)ccc2OC3c2ccncc2)cc1. The average molecular weight is 424 g/mol. The summed E-state index contributed by atoms with van der Waals surface area (Å²) >= 11 is 3.55. The summed E-state index contributed by atoms with van der Waals surface area (Å²) in [6, 6.07) is 16.5. The molecule has 0 fully saturated rings. The van der Waals surface area contributed by atoms with Gasteiger partial charge in [0.2, 0.25) is 6.23 Å². The summed E-state index contributed by atoms with van der Waals surface area (Å²) in [5.41, 5.74) is 3.94. The molecule has 4 nitrogen and oxygen atoms in total. The third-order valence-corrected chi connectivity index (χ3v) is 5.41. The molecule has 2 unspecified atom stereocenters. The van der Waals surface area contributed by atoms with Crippen molar-refractivity contribution in [2.75, 3.05) is 0 Å². The van der Waals surface area contributed by atoms with Gasteiger partial charge in [-0.2, -0.15) is 5.10 Å². The first kappa shape index (κ1) is 16.4. The second-order valence-electron chi connectivity index (χ2n) is 6.59. The van der Waals surface area contributed by atoms with E-state index in [2.05, 4.69) is 27.0 Å². The average Bonchev–Trinajstić information content (AvgIpc) is 3.14. The molecule has 0 saturated carbocycles. The van der Waals surface area contributed by atoms with Crippen molar-refractivity contribution in [2.45, 2.75) is 18.7 Å².